The quantitative estimate of drug-likeness (QED) is 0.698. The number of hydrogen-bond acceptors (Lipinski definition) is 2. The van der Waals surface area contributed by atoms with Gasteiger partial charge in [-0.3, -0.25) is 4.90 Å². The maximum Gasteiger partial charge on any atom is 0.124 e. The molecule has 0 amide bonds. The smallest absolute Gasteiger partial charge is 0.124 e. The van der Waals surface area contributed by atoms with E-state index < -0.39 is 0 Å². The van der Waals surface area contributed by atoms with E-state index in [1.807, 2.05) is 6.20 Å². The molecular formula is C7H11BrClN3. The molecule has 0 bridgehead atoms. The van der Waals surface area contributed by atoms with Crippen molar-refractivity contribution in [1.29, 1.82) is 0 Å². The van der Waals surface area contributed by atoms with Gasteiger partial charge in [-0.2, -0.15) is 0 Å². The minimum absolute atomic E-state index is 0. The van der Waals surface area contributed by atoms with E-state index in [0.717, 1.165) is 30.1 Å². The normalized spacial score (nSPS) is 16.8. The van der Waals surface area contributed by atoms with E-state index in [1.54, 1.807) is 0 Å². The first-order chi connectivity index (χ1) is 5.25. The standard InChI is InChI=1S/C7H10BrN3.ClH/c1-10-2-3-11-4-6(8)9-7(11)5-10;/h4H,2-3,5H2,1H3;1H. The average Bonchev–Trinajstić information content (AvgIpc) is 2.27. The van der Waals surface area contributed by atoms with Gasteiger partial charge in [0.15, 0.2) is 0 Å². The number of aromatic nitrogens is 2. The molecule has 0 radical (unpaired) electrons. The monoisotopic (exact) mass is 251 g/mol. The third-order valence-electron chi connectivity index (χ3n) is 1.96. The molecule has 1 aromatic rings. The largest absolute Gasteiger partial charge is 0.331 e. The maximum absolute atomic E-state index is 4.34. The molecule has 0 spiro atoms. The zero-order valence-electron chi connectivity index (χ0n) is 6.83. The van der Waals surface area contributed by atoms with Crippen molar-refractivity contribution in [3.63, 3.8) is 0 Å². The third-order valence-corrected chi connectivity index (χ3v) is 2.35. The van der Waals surface area contributed by atoms with Crippen molar-refractivity contribution in [2.75, 3.05) is 13.6 Å². The number of nitrogens with zero attached hydrogens (tertiary/aromatic N) is 3. The highest BCUT2D eigenvalue weighted by Gasteiger charge is 2.13. The van der Waals surface area contributed by atoms with Gasteiger partial charge < -0.3 is 4.57 Å². The fourth-order valence-corrected chi connectivity index (χ4v) is 1.79. The van der Waals surface area contributed by atoms with Gasteiger partial charge in [0.1, 0.15) is 10.4 Å². The van der Waals surface area contributed by atoms with E-state index in [1.165, 1.54) is 0 Å². The Morgan fingerprint density at radius 2 is 2.25 bits per heavy atom. The summed E-state index contributed by atoms with van der Waals surface area (Å²) in [5.74, 6) is 1.16. The Morgan fingerprint density at radius 1 is 1.50 bits per heavy atom. The number of imidazole rings is 1. The highest BCUT2D eigenvalue weighted by Crippen LogP contribution is 2.14. The lowest BCUT2D eigenvalue weighted by molar-refractivity contribution is 0.264. The molecule has 2 heterocycles. The fourth-order valence-electron chi connectivity index (χ4n) is 1.34. The van der Waals surface area contributed by atoms with E-state index in [4.69, 9.17) is 0 Å². The van der Waals surface area contributed by atoms with Crippen LogP contribution in [0.25, 0.3) is 0 Å². The molecule has 0 fully saturated rings. The highest BCUT2D eigenvalue weighted by molar-refractivity contribution is 9.10. The molecule has 0 saturated heterocycles. The van der Waals surface area contributed by atoms with Crippen LogP contribution in [0.2, 0.25) is 0 Å². The molecule has 0 N–H and O–H groups in total. The van der Waals surface area contributed by atoms with Crippen LogP contribution >= 0.6 is 28.3 Å². The summed E-state index contributed by atoms with van der Waals surface area (Å²) < 4.78 is 3.15. The molecule has 0 atom stereocenters. The Morgan fingerprint density at radius 3 is 3.00 bits per heavy atom. The summed E-state index contributed by atoms with van der Waals surface area (Å²) in [5, 5.41) is 0. The molecule has 12 heavy (non-hydrogen) atoms. The second kappa shape index (κ2) is 3.77. The predicted molar refractivity (Wildman–Crippen MR) is 53.5 cm³/mol. The van der Waals surface area contributed by atoms with Gasteiger partial charge in [-0.25, -0.2) is 4.98 Å². The van der Waals surface area contributed by atoms with Crippen LogP contribution in [0.5, 0.6) is 0 Å². The van der Waals surface area contributed by atoms with Gasteiger partial charge in [-0.05, 0) is 23.0 Å². The van der Waals surface area contributed by atoms with Crippen molar-refractivity contribution in [2.45, 2.75) is 13.1 Å². The topological polar surface area (TPSA) is 21.1 Å². The Bertz CT molecular complexity index is 274. The molecular weight excluding hydrogens is 241 g/mol. The fraction of sp³-hybridized carbons (Fsp3) is 0.571. The molecule has 0 saturated carbocycles. The number of likely N-dealkylation sites (N-methyl/N-ethyl adjacent to an activating group) is 1. The molecule has 1 aliphatic rings. The van der Waals surface area contributed by atoms with Crippen LogP contribution in [-0.4, -0.2) is 28.0 Å². The second-order valence-electron chi connectivity index (χ2n) is 2.91. The van der Waals surface area contributed by atoms with Crippen molar-refractivity contribution < 1.29 is 0 Å². The summed E-state index contributed by atoms with van der Waals surface area (Å²) in [6.45, 7) is 3.14. The minimum atomic E-state index is 0. The Balaban J connectivity index is 0.000000720. The number of rotatable bonds is 0. The lowest BCUT2D eigenvalue weighted by Gasteiger charge is -2.22. The van der Waals surface area contributed by atoms with Crippen LogP contribution in [0, 0.1) is 0 Å². The first-order valence-electron chi connectivity index (χ1n) is 3.66. The van der Waals surface area contributed by atoms with Crippen LogP contribution in [0.1, 0.15) is 5.82 Å². The molecule has 1 aliphatic heterocycles. The molecule has 0 aromatic carbocycles. The van der Waals surface area contributed by atoms with Crippen molar-refractivity contribution >= 4 is 28.3 Å². The first-order valence-corrected chi connectivity index (χ1v) is 4.45. The van der Waals surface area contributed by atoms with Crippen LogP contribution in [0.3, 0.4) is 0 Å². The van der Waals surface area contributed by atoms with E-state index >= 15 is 0 Å². The van der Waals surface area contributed by atoms with E-state index in [0.29, 0.717) is 0 Å². The van der Waals surface area contributed by atoms with Crippen molar-refractivity contribution in [1.82, 2.24) is 14.5 Å². The molecule has 0 unspecified atom stereocenters. The van der Waals surface area contributed by atoms with E-state index in [-0.39, 0.29) is 12.4 Å². The van der Waals surface area contributed by atoms with Gasteiger partial charge in [0.25, 0.3) is 0 Å². The van der Waals surface area contributed by atoms with Crippen LogP contribution < -0.4 is 0 Å². The van der Waals surface area contributed by atoms with Gasteiger partial charge in [0.05, 0.1) is 6.54 Å². The Hall–Kier alpha value is -0.0600. The first kappa shape index (κ1) is 10.0. The third kappa shape index (κ3) is 1.81. The lowest BCUT2D eigenvalue weighted by Crippen LogP contribution is -2.30. The minimum Gasteiger partial charge on any atom is -0.331 e. The maximum atomic E-state index is 4.34. The molecule has 3 nitrogen and oxygen atoms in total. The number of hydrogen-bond donors (Lipinski definition) is 0. The Labute approximate surface area is 86.3 Å². The van der Waals surface area contributed by atoms with Gasteiger partial charge >= 0.3 is 0 Å². The molecule has 0 aliphatic carbocycles. The van der Waals surface area contributed by atoms with Gasteiger partial charge in [0.2, 0.25) is 0 Å². The summed E-state index contributed by atoms with van der Waals surface area (Å²) in [6.07, 6.45) is 2.04. The summed E-state index contributed by atoms with van der Waals surface area (Å²) in [7, 11) is 2.12. The second-order valence-corrected chi connectivity index (χ2v) is 3.72. The van der Waals surface area contributed by atoms with Crippen LogP contribution in [0.15, 0.2) is 10.8 Å². The van der Waals surface area contributed by atoms with Crippen LogP contribution in [0.4, 0.5) is 0 Å². The SMILES string of the molecule is CN1CCn2cc(Br)nc2C1.Cl. The van der Waals surface area contributed by atoms with Crippen molar-refractivity contribution in [2.24, 2.45) is 0 Å². The van der Waals surface area contributed by atoms with Crippen LogP contribution in [-0.2, 0) is 13.1 Å². The summed E-state index contributed by atoms with van der Waals surface area (Å²) >= 11 is 3.36. The summed E-state index contributed by atoms with van der Waals surface area (Å²) in [4.78, 5) is 6.61. The van der Waals surface area contributed by atoms with Gasteiger partial charge in [0, 0.05) is 19.3 Å². The number of fused-ring (bicyclic) bond motifs is 1. The van der Waals surface area contributed by atoms with E-state index in [9.17, 15) is 0 Å². The zero-order chi connectivity index (χ0) is 7.84. The molecule has 2 rings (SSSR count). The summed E-state index contributed by atoms with van der Waals surface area (Å²) in [5.41, 5.74) is 0. The average molecular weight is 253 g/mol. The summed E-state index contributed by atoms with van der Waals surface area (Å²) in [6, 6.07) is 0. The van der Waals surface area contributed by atoms with E-state index in [2.05, 4.69) is 37.4 Å². The molecule has 1 aromatic heterocycles. The number of halogens is 2. The van der Waals surface area contributed by atoms with Gasteiger partial charge in [-0.1, -0.05) is 0 Å². The van der Waals surface area contributed by atoms with Crippen molar-refractivity contribution in [3.05, 3.63) is 16.6 Å². The Kier molecular flexibility index (Phi) is 3.15. The molecule has 68 valence electrons. The predicted octanol–water partition coefficient (Wildman–Crippen LogP) is 1.51. The van der Waals surface area contributed by atoms with Gasteiger partial charge in [-0.15, -0.1) is 12.4 Å². The van der Waals surface area contributed by atoms with Crippen molar-refractivity contribution in [3.8, 4) is 0 Å². The highest BCUT2D eigenvalue weighted by atomic mass is 79.9. The zero-order valence-corrected chi connectivity index (χ0v) is 9.23. The molecule has 5 heteroatoms. The lowest BCUT2D eigenvalue weighted by atomic mass is 10.4.